The molecular formula is C18H17ClF2N4O2. The Balaban J connectivity index is 1.58. The van der Waals surface area contributed by atoms with E-state index in [2.05, 4.69) is 9.97 Å². The van der Waals surface area contributed by atoms with Gasteiger partial charge in [0.2, 0.25) is 5.91 Å². The minimum Gasteiger partial charge on any atom is -0.441 e. The van der Waals surface area contributed by atoms with Gasteiger partial charge in [0, 0.05) is 37.8 Å². The molecule has 2 heterocycles. The van der Waals surface area contributed by atoms with E-state index in [0.717, 1.165) is 10.1 Å². The predicted molar refractivity (Wildman–Crippen MR) is 95.2 cm³/mol. The quantitative estimate of drug-likeness (QED) is 0.603. The van der Waals surface area contributed by atoms with E-state index in [-0.39, 0.29) is 31.1 Å². The molecular weight excluding hydrogens is 378 g/mol. The number of hydrogen-bond donors (Lipinski definition) is 0. The molecule has 27 heavy (non-hydrogen) atoms. The summed E-state index contributed by atoms with van der Waals surface area (Å²) in [5.41, 5.74) is 0.722. The van der Waals surface area contributed by atoms with Gasteiger partial charge in [-0.05, 0) is 12.1 Å². The monoisotopic (exact) mass is 394 g/mol. The molecule has 1 aromatic carbocycles. The molecule has 6 nitrogen and oxygen atoms in total. The molecule has 0 spiro atoms. The second kappa shape index (κ2) is 8.30. The Bertz CT molecular complexity index is 925. The first-order chi connectivity index (χ1) is 13.0. The van der Waals surface area contributed by atoms with Crippen LogP contribution in [0.1, 0.15) is 24.7 Å². The van der Waals surface area contributed by atoms with Crippen molar-refractivity contribution in [3.05, 3.63) is 59.6 Å². The van der Waals surface area contributed by atoms with Gasteiger partial charge < -0.3 is 9.32 Å². The summed E-state index contributed by atoms with van der Waals surface area (Å²) in [5.74, 6) is 0.824. The smallest absolute Gasteiger partial charge is 0.319 e. The number of imidazole rings is 1. The topological polar surface area (TPSA) is 64.2 Å². The van der Waals surface area contributed by atoms with Crippen LogP contribution < -0.4 is 0 Å². The number of nitrogens with zero attached hydrogens (tertiary/aromatic N) is 4. The van der Waals surface area contributed by atoms with Crippen molar-refractivity contribution in [2.75, 3.05) is 7.05 Å². The normalized spacial score (nSPS) is 11.1. The number of carbonyl (C=O) groups excluding carboxylic acids is 1. The first-order valence-corrected chi connectivity index (χ1v) is 8.57. The molecule has 0 saturated carbocycles. The summed E-state index contributed by atoms with van der Waals surface area (Å²) < 4.78 is 32.1. The molecule has 0 bridgehead atoms. The highest BCUT2D eigenvalue weighted by Crippen LogP contribution is 2.28. The second-order valence-electron chi connectivity index (χ2n) is 5.88. The lowest BCUT2D eigenvalue weighted by Crippen LogP contribution is -2.28. The zero-order chi connectivity index (χ0) is 19.4. The van der Waals surface area contributed by atoms with E-state index in [1.165, 1.54) is 24.3 Å². The van der Waals surface area contributed by atoms with Crippen LogP contribution >= 0.6 is 11.6 Å². The van der Waals surface area contributed by atoms with Crippen LogP contribution in [0, 0.1) is 0 Å². The van der Waals surface area contributed by atoms with Crippen molar-refractivity contribution in [1.82, 2.24) is 19.4 Å². The summed E-state index contributed by atoms with van der Waals surface area (Å²) in [6.07, 6.45) is 4.44. The van der Waals surface area contributed by atoms with E-state index in [9.17, 15) is 13.6 Å². The molecule has 2 aromatic heterocycles. The van der Waals surface area contributed by atoms with Crippen LogP contribution in [0.15, 0.2) is 47.3 Å². The minimum absolute atomic E-state index is 0.00731. The van der Waals surface area contributed by atoms with Crippen molar-refractivity contribution in [3.8, 4) is 11.3 Å². The third kappa shape index (κ3) is 4.51. The third-order valence-electron chi connectivity index (χ3n) is 4.01. The Labute approximate surface area is 159 Å². The maximum Gasteiger partial charge on any atom is 0.319 e. The lowest BCUT2D eigenvalue weighted by molar-refractivity contribution is -0.130. The first kappa shape index (κ1) is 19.0. The number of rotatable bonds is 7. The Morgan fingerprint density at radius 3 is 2.85 bits per heavy atom. The summed E-state index contributed by atoms with van der Waals surface area (Å²) in [7, 11) is 1.54. The van der Waals surface area contributed by atoms with Gasteiger partial charge in [0.15, 0.2) is 11.7 Å². The molecule has 9 heteroatoms. The number of oxazole rings is 1. The second-order valence-corrected chi connectivity index (χ2v) is 6.28. The van der Waals surface area contributed by atoms with Crippen LogP contribution in [0.5, 0.6) is 0 Å². The van der Waals surface area contributed by atoms with Gasteiger partial charge in [-0.1, -0.05) is 23.7 Å². The fourth-order valence-corrected chi connectivity index (χ4v) is 2.79. The number of hydrogen-bond acceptors (Lipinski definition) is 4. The largest absolute Gasteiger partial charge is 0.441 e. The van der Waals surface area contributed by atoms with Crippen molar-refractivity contribution in [2.24, 2.45) is 0 Å². The van der Waals surface area contributed by atoms with E-state index >= 15 is 0 Å². The van der Waals surface area contributed by atoms with E-state index in [1.54, 1.807) is 12.3 Å². The summed E-state index contributed by atoms with van der Waals surface area (Å²) in [6, 6.07) is 7.22. The van der Waals surface area contributed by atoms with Crippen LogP contribution in [-0.4, -0.2) is 32.4 Å². The Morgan fingerprint density at radius 1 is 1.33 bits per heavy atom. The highest BCUT2D eigenvalue weighted by atomic mass is 35.5. The molecule has 0 fully saturated rings. The molecule has 0 N–H and O–H groups in total. The molecule has 0 radical (unpaired) electrons. The van der Waals surface area contributed by atoms with Crippen LogP contribution in [0.4, 0.5) is 8.78 Å². The molecule has 0 unspecified atom stereocenters. The van der Waals surface area contributed by atoms with E-state index < -0.39 is 6.55 Å². The zero-order valence-corrected chi connectivity index (χ0v) is 15.2. The number of alkyl halides is 2. The minimum atomic E-state index is -2.69. The van der Waals surface area contributed by atoms with Gasteiger partial charge in [-0.15, -0.1) is 0 Å². The van der Waals surface area contributed by atoms with E-state index in [1.807, 2.05) is 18.2 Å². The molecule has 0 aliphatic carbocycles. The van der Waals surface area contributed by atoms with Crippen LogP contribution in [0.2, 0.25) is 5.02 Å². The summed E-state index contributed by atoms with van der Waals surface area (Å²) in [6.45, 7) is -2.70. The van der Waals surface area contributed by atoms with Crippen molar-refractivity contribution >= 4 is 17.5 Å². The maximum atomic E-state index is 12.8. The molecule has 0 aliphatic rings. The summed E-state index contributed by atoms with van der Waals surface area (Å²) >= 11 is 6.13. The highest BCUT2D eigenvalue weighted by molar-refractivity contribution is 6.33. The molecule has 0 atom stereocenters. The van der Waals surface area contributed by atoms with E-state index in [0.29, 0.717) is 16.7 Å². The van der Waals surface area contributed by atoms with Gasteiger partial charge >= 0.3 is 6.55 Å². The average Bonchev–Trinajstić information content (AvgIpc) is 3.29. The SMILES string of the molecule is CN(Cc1nccn1C(F)F)C(=O)CCc1ncc(-c2ccccc2Cl)o1. The van der Waals surface area contributed by atoms with Gasteiger partial charge in [-0.25, -0.2) is 9.97 Å². The fourth-order valence-electron chi connectivity index (χ4n) is 2.56. The number of benzene rings is 1. The zero-order valence-electron chi connectivity index (χ0n) is 14.5. The number of halogens is 3. The van der Waals surface area contributed by atoms with Crippen molar-refractivity contribution in [3.63, 3.8) is 0 Å². The van der Waals surface area contributed by atoms with Crippen molar-refractivity contribution < 1.29 is 18.0 Å². The van der Waals surface area contributed by atoms with E-state index in [4.69, 9.17) is 16.0 Å². The van der Waals surface area contributed by atoms with Crippen LogP contribution in [-0.2, 0) is 17.8 Å². The fraction of sp³-hybridized carbons (Fsp3) is 0.278. The Hall–Kier alpha value is -2.74. The summed E-state index contributed by atoms with van der Waals surface area (Å²) in [4.78, 5) is 21.6. The number of aryl methyl sites for hydroxylation is 1. The number of amides is 1. The average molecular weight is 395 g/mol. The predicted octanol–water partition coefficient (Wildman–Crippen LogP) is 4.18. The lowest BCUT2D eigenvalue weighted by Gasteiger charge is -2.17. The molecule has 3 rings (SSSR count). The summed E-state index contributed by atoms with van der Waals surface area (Å²) in [5, 5.41) is 0.547. The lowest BCUT2D eigenvalue weighted by atomic mass is 10.2. The van der Waals surface area contributed by atoms with Gasteiger partial charge in [-0.3, -0.25) is 9.36 Å². The third-order valence-corrected chi connectivity index (χ3v) is 4.34. The Morgan fingerprint density at radius 2 is 2.11 bits per heavy atom. The maximum absolute atomic E-state index is 12.8. The molecule has 0 aliphatic heterocycles. The van der Waals surface area contributed by atoms with Gasteiger partial charge in [0.05, 0.1) is 17.8 Å². The molecule has 1 amide bonds. The van der Waals surface area contributed by atoms with Crippen molar-refractivity contribution in [1.29, 1.82) is 0 Å². The highest BCUT2D eigenvalue weighted by Gasteiger charge is 2.17. The van der Waals surface area contributed by atoms with Crippen LogP contribution in [0.3, 0.4) is 0 Å². The molecule has 3 aromatic rings. The van der Waals surface area contributed by atoms with Crippen LogP contribution in [0.25, 0.3) is 11.3 Å². The van der Waals surface area contributed by atoms with Gasteiger partial charge in [0.25, 0.3) is 0 Å². The van der Waals surface area contributed by atoms with Gasteiger partial charge in [-0.2, -0.15) is 8.78 Å². The Kier molecular flexibility index (Phi) is 5.85. The van der Waals surface area contributed by atoms with Gasteiger partial charge in [0.1, 0.15) is 5.82 Å². The van der Waals surface area contributed by atoms with Crippen molar-refractivity contribution in [2.45, 2.75) is 25.9 Å². The first-order valence-electron chi connectivity index (χ1n) is 8.19. The molecule has 142 valence electrons. The number of carbonyl (C=O) groups is 1. The number of aromatic nitrogens is 3. The standard InChI is InChI=1S/C18H17ClF2N4O2/c1-24(11-15-22-8-9-25(15)18(20)21)17(26)7-6-16-23-10-14(27-16)12-4-2-3-5-13(12)19/h2-5,8-10,18H,6-7,11H2,1H3. The molecule has 0 saturated heterocycles.